The lowest BCUT2D eigenvalue weighted by Gasteiger charge is -2.15. The normalized spacial score (nSPS) is 12.7. The number of aliphatic hydroxyl groups excluding tert-OH is 1. The molecule has 0 bridgehead atoms. The van der Waals surface area contributed by atoms with E-state index < -0.39 is 11.9 Å². The van der Waals surface area contributed by atoms with Crippen LogP contribution in [0.1, 0.15) is 30.7 Å². The van der Waals surface area contributed by atoms with Crippen molar-refractivity contribution in [1.29, 1.82) is 0 Å². The molecule has 2 aromatic rings. The fourth-order valence-electron chi connectivity index (χ4n) is 2.11. The van der Waals surface area contributed by atoms with Gasteiger partial charge in [0.15, 0.2) is 0 Å². The zero-order valence-electron chi connectivity index (χ0n) is 11.0. The number of benzene rings is 1. The number of aryl methyl sites for hydroxylation is 1. The number of hydrogen-bond acceptors (Lipinski definition) is 2. The molecule has 1 unspecified atom stereocenters. The summed E-state index contributed by atoms with van der Waals surface area (Å²) in [5, 5.41) is 15.1. The van der Waals surface area contributed by atoms with Crippen LogP contribution in [0.3, 0.4) is 0 Å². The molecule has 3 nitrogen and oxygen atoms in total. The van der Waals surface area contributed by atoms with Crippen LogP contribution in [0.2, 0.25) is 10.0 Å². The molecule has 1 heterocycles. The van der Waals surface area contributed by atoms with Gasteiger partial charge in [0.25, 0.3) is 0 Å². The van der Waals surface area contributed by atoms with E-state index in [0.717, 1.165) is 6.42 Å². The van der Waals surface area contributed by atoms with E-state index >= 15 is 0 Å². The summed E-state index contributed by atoms with van der Waals surface area (Å²) in [4.78, 5) is 0. The van der Waals surface area contributed by atoms with Gasteiger partial charge in [-0.05, 0) is 18.6 Å². The molecule has 0 saturated carbocycles. The predicted molar refractivity (Wildman–Crippen MR) is 77.6 cm³/mol. The summed E-state index contributed by atoms with van der Waals surface area (Å²) in [6.07, 6.45) is 1.45. The van der Waals surface area contributed by atoms with E-state index in [-0.39, 0.29) is 12.0 Å². The molecule has 0 amide bonds. The summed E-state index contributed by atoms with van der Waals surface area (Å²) < 4.78 is 15.4. The summed E-state index contributed by atoms with van der Waals surface area (Å²) in [5.74, 6) is -0.436. The lowest BCUT2D eigenvalue weighted by molar-refractivity contribution is 0.165. The Balaban J connectivity index is 2.28. The van der Waals surface area contributed by atoms with Crippen molar-refractivity contribution in [2.75, 3.05) is 0 Å². The topological polar surface area (TPSA) is 38.0 Å². The van der Waals surface area contributed by atoms with Crippen molar-refractivity contribution in [3.8, 4) is 0 Å². The third-order valence-corrected chi connectivity index (χ3v) is 3.69. The van der Waals surface area contributed by atoms with Gasteiger partial charge < -0.3 is 5.11 Å². The molecular weight excluding hydrogens is 302 g/mol. The molecule has 2 rings (SSSR count). The van der Waals surface area contributed by atoms with Crippen LogP contribution in [0, 0.1) is 5.82 Å². The highest BCUT2D eigenvalue weighted by Gasteiger charge is 2.21. The third-order valence-electron chi connectivity index (χ3n) is 3.04. The van der Waals surface area contributed by atoms with E-state index in [1.54, 1.807) is 10.7 Å². The number of halogens is 3. The van der Waals surface area contributed by atoms with E-state index in [1.165, 1.54) is 18.3 Å². The van der Waals surface area contributed by atoms with E-state index in [1.807, 2.05) is 6.92 Å². The van der Waals surface area contributed by atoms with Crippen LogP contribution in [0.5, 0.6) is 0 Å². The minimum atomic E-state index is -0.953. The number of nitrogens with zero attached hydrogens (tertiary/aromatic N) is 2. The Kier molecular flexibility index (Phi) is 5.02. The molecule has 1 atom stereocenters. The third kappa shape index (κ3) is 3.14. The maximum absolute atomic E-state index is 13.8. The number of aromatic nitrogens is 2. The molecule has 0 spiro atoms. The van der Waals surface area contributed by atoms with E-state index in [2.05, 4.69) is 5.10 Å². The summed E-state index contributed by atoms with van der Waals surface area (Å²) in [7, 11) is 0. The molecule has 0 aliphatic carbocycles. The van der Waals surface area contributed by atoms with Crippen LogP contribution < -0.4 is 0 Å². The van der Waals surface area contributed by atoms with Gasteiger partial charge in [-0.2, -0.15) is 5.10 Å². The molecule has 0 aliphatic heterocycles. The van der Waals surface area contributed by atoms with Crippen molar-refractivity contribution in [2.45, 2.75) is 32.4 Å². The highest BCUT2D eigenvalue weighted by atomic mass is 35.5. The molecule has 0 aliphatic rings. The Bertz CT molecular complexity index is 581. The van der Waals surface area contributed by atoms with Crippen molar-refractivity contribution in [3.63, 3.8) is 0 Å². The van der Waals surface area contributed by atoms with Crippen LogP contribution in [0.4, 0.5) is 4.39 Å². The van der Waals surface area contributed by atoms with Gasteiger partial charge in [0, 0.05) is 23.6 Å². The van der Waals surface area contributed by atoms with Crippen LogP contribution in [0.15, 0.2) is 24.4 Å². The molecule has 0 radical (unpaired) electrons. The Morgan fingerprint density at radius 2 is 2.10 bits per heavy atom. The lowest BCUT2D eigenvalue weighted by atomic mass is 10.0. The molecule has 0 fully saturated rings. The SMILES string of the molecule is CCCn1ncc(Cl)c1C(O)Cc1c(F)cccc1Cl. The van der Waals surface area contributed by atoms with Gasteiger partial charge in [-0.1, -0.05) is 36.2 Å². The van der Waals surface area contributed by atoms with Gasteiger partial charge in [-0.15, -0.1) is 0 Å². The van der Waals surface area contributed by atoms with Crippen LogP contribution in [-0.2, 0) is 13.0 Å². The highest BCUT2D eigenvalue weighted by Crippen LogP contribution is 2.29. The Morgan fingerprint density at radius 1 is 1.35 bits per heavy atom. The average molecular weight is 317 g/mol. The molecule has 0 saturated heterocycles. The molecule has 1 aromatic heterocycles. The number of rotatable bonds is 5. The first kappa shape index (κ1) is 15.3. The zero-order valence-corrected chi connectivity index (χ0v) is 12.5. The number of hydrogen-bond donors (Lipinski definition) is 1. The Labute approximate surface area is 126 Å². The smallest absolute Gasteiger partial charge is 0.127 e. The maximum atomic E-state index is 13.8. The molecule has 1 N–H and O–H groups in total. The molecule has 6 heteroatoms. The quantitative estimate of drug-likeness (QED) is 0.904. The van der Waals surface area contributed by atoms with Crippen molar-refractivity contribution < 1.29 is 9.50 Å². The molecule has 20 heavy (non-hydrogen) atoms. The van der Waals surface area contributed by atoms with Crippen molar-refractivity contribution in [1.82, 2.24) is 9.78 Å². The van der Waals surface area contributed by atoms with Crippen LogP contribution in [-0.4, -0.2) is 14.9 Å². The standard InChI is InChI=1S/C14H15Cl2FN2O/c1-2-6-19-14(11(16)8-18-19)13(20)7-9-10(15)4-3-5-12(9)17/h3-5,8,13,20H,2,6-7H2,1H3. The van der Waals surface area contributed by atoms with Crippen molar-refractivity contribution in [3.05, 3.63) is 51.5 Å². The van der Waals surface area contributed by atoms with Gasteiger partial charge in [-0.3, -0.25) is 4.68 Å². The lowest BCUT2D eigenvalue weighted by Crippen LogP contribution is -2.12. The molecule has 1 aromatic carbocycles. The van der Waals surface area contributed by atoms with E-state index in [9.17, 15) is 9.50 Å². The summed E-state index contributed by atoms with van der Waals surface area (Å²) in [6, 6.07) is 4.44. The van der Waals surface area contributed by atoms with Crippen molar-refractivity contribution in [2.24, 2.45) is 0 Å². The first-order valence-electron chi connectivity index (χ1n) is 6.36. The van der Waals surface area contributed by atoms with Crippen molar-refractivity contribution >= 4 is 23.2 Å². The second-order valence-corrected chi connectivity index (χ2v) is 5.34. The maximum Gasteiger partial charge on any atom is 0.127 e. The fraction of sp³-hybridized carbons (Fsp3) is 0.357. The van der Waals surface area contributed by atoms with Gasteiger partial charge in [0.1, 0.15) is 11.9 Å². The second kappa shape index (κ2) is 6.57. The monoisotopic (exact) mass is 316 g/mol. The largest absolute Gasteiger partial charge is 0.386 e. The van der Waals surface area contributed by atoms with Gasteiger partial charge in [0.05, 0.1) is 16.9 Å². The van der Waals surface area contributed by atoms with Gasteiger partial charge in [0.2, 0.25) is 0 Å². The summed E-state index contributed by atoms with van der Waals surface area (Å²) >= 11 is 12.0. The molecular formula is C14H15Cl2FN2O. The second-order valence-electron chi connectivity index (χ2n) is 4.52. The number of aliphatic hydroxyl groups is 1. The molecule has 108 valence electrons. The summed E-state index contributed by atoms with van der Waals surface area (Å²) in [5.41, 5.74) is 0.773. The van der Waals surface area contributed by atoms with Gasteiger partial charge in [-0.25, -0.2) is 4.39 Å². The highest BCUT2D eigenvalue weighted by molar-refractivity contribution is 6.31. The van der Waals surface area contributed by atoms with E-state index in [4.69, 9.17) is 23.2 Å². The Hall–Kier alpha value is -1.10. The van der Waals surface area contributed by atoms with Crippen LogP contribution in [0.25, 0.3) is 0 Å². The van der Waals surface area contributed by atoms with E-state index in [0.29, 0.717) is 22.3 Å². The predicted octanol–water partition coefficient (Wildman–Crippen LogP) is 4.02. The Morgan fingerprint density at radius 3 is 2.75 bits per heavy atom. The first-order chi connectivity index (χ1) is 9.54. The first-order valence-corrected chi connectivity index (χ1v) is 7.12. The average Bonchev–Trinajstić information content (AvgIpc) is 2.76. The fourth-order valence-corrected chi connectivity index (χ4v) is 2.62. The zero-order chi connectivity index (χ0) is 14.7. The minimum Gasteiger partial charge on any atom is -0.386 e. The summed E-state index contributed by atoms with van der Waals surface area (Å²) in [6.45, 7) is 2.64. The minimum absolute atomic E-state index is 0.0562. The van der Waals surface area contributed by atoms with Gasteiger partial charge >= 0.3 is 0 Å². The van der Waals surface area contributed by atoms with Crippen LogP contribution >= 0.6 is 23.2 Å².